The van der Waals surface area contributed by atoms with E-state index in [0.717, 1.165) is 26.0 Å². The summed E-state index contributed by atoms with van der Waals surface area (Å²) in [4.78, 5) is 11.9. The van der Waals surface area contributed by atoms with E-state index < -0.39 is 5.54 Å². The lowest BCUT2D eigenvalue weighted by Gasteiger charge is -2.29. The van der Waals surface area contributed by atoms with Gasteiger partial charge in [-0.3, -0.25) is 4.79 Å². The first-order valence-corrected chi connectivity index (χ1v) is 5.70. The number of nitrogens with one attached hydrogen (secondary N) is 2. The maximum absolute atomic E-state index is 11.9. The lowest BCUT2D eigenvalue weighted by Crippen LogP contribution is -2.56. The molecule has 0 aliphatic carbocycles. The van der Waals surface area contributed by atoms with Crippen molar-refractivity contribution in [2.45, 2.75) is 45.2 Å². The Morgan fingerprint density at radius 1 is 1.53 bits per heavy atom. The predicted octanol–water partition coefficient (Wildman–Crippen LogP) is 0.670. The van der Waals surface area contributed by atoms with Crippen molar-refractivity contribution in [3.05, 3.63) is 0 Å². The van der Waals surface area contributed by atoms with Gasteiger partial charge in [-0.1, -0.05) is 6.92 Å². The smallest absolute Gasteiger partial charge is 0.240 e. The van der Waals surface area contributed by atoms with E-state index in [1.54, 1.807) is 0 Å². The zero-order chi connectivity index (χ0) is 11.3. The predicted molar refractivity (Wildman–Crippen MR) is 59.7 cm³/mol. The monoisotopic (exact) mass is 214 g/mol. The van der Waals surface area contributed by atoms with Crippen LogP contribution in [0.1, 0.15) is 33.6 Å². The van der Waals surface area contributed by atoms with E-state index in [9.17, 15) is 4.79 Å². The number of hydrogen-bond acceptors (Lipinski definition) is 3. The Morgan fingerprint density at radius 2 is 2.27 bits per heavy atom. The molecule has 1 heterocycles. The van der Waals surface area contributed by atoms with E-state index >= 15 is 0 Å². The lowest BCUT2D eigenvalue weighted by molar-refractivity contribution is -0.128. The van der Waals surface area contributed by atoms with Crippen molar-refractivity contribution in [1.82, 2.24) is 10.6 Å². The molecule has 1 aliphatic rings. The van der Waals surface area contributed by atoms with Crippen LogP contribution in [-0.2, 0) is 9.53 Å². The molecule has 15 heavy (non-hydrogen) atoms. The van der Waals surface area contributed by atoms with Gasteiger partial charge in [0.1, 0.15) is 0 Å². The van der Waals surface area contributed by atoms with E-state index in [4.69, 9.17) is 4.74 Å². The minimum absolute atomic E-state index is 0.0554. The quantitative estimate of drug-likeness (QED) is 0.723. The van der Waals surface area contributed by atoms with Crippen molar-refractivity contribution < 1.29 is 9.53 Å². The van der Waals surface area contributed by atoms with Gasteiger partial charge in [-0.2, -0.15) is 0 Å². The summed E-state index contributed by atoms with van der Waals surface area (Å²) < 4.78 is 5.32. The molecular formula is C11H22N2O2. The number of carbonyl (C=O) groups is 1. The summed E-state index contributed by atoms with van der Waals surface area (Å²) in [7, 11) is 0. The molecule has 1 unspecified atom stereocenters. The van der Waals surface area contributed by atoms with Crippen molar-refractivity contribution in [3.8, 4) is 0 Å². The van der Waals surface area contributed by atoms with Crippen molar-refractivity contribution in [1.29, 1.82) is 0 Å². The number of hydrogen-bond donors (Lipinski definition) is 2. The second kappa shape index (κ2) is 5.47. The van der Waals surface area contributed by atoms with Crippen molar-refractivity contribution in [2.24, 2.45) is 0 Å². The standard InChI is InChI=1S/C11H22N2O2/c1-4-12-11(2,3)10(14)13-9-6-5-7-15-8-9/h9,12H,4-8H2,1-3H3,(H,13,14). The van der Waals surface area contributed by atoms with Crippen LogP contribution in [0.2, 0.25) is 0 Å². The zero-order valence-corrected chi connectivity index (χ0v) is 9.93. The summed E-state index contributed by atoms with van der Waals surface area (Å²) in [6, 6.07) is 0.184. The average molecular weight is 214 g/mol. The first kappa shape index (κ1) is 12.5. The van der Waals surface area contributed by atoms with Gasteiger partial charge in [-0.25, -0.2) is 0 Å². The molecule has 0 spiro atoms. The van der Waals surface area contributed by atoms with Crippen LogP contribution in [-0.4, -0.2) is 37.2 Å². The molecule has 4 heteroatoms. The molecule has 0 aromatic rings. The highest BCUT2D eigenvalue weighted by atomic mass is 16.5. The van der Waals surface area contributed by atoms with Gasteiger partial charge in [0.2, 0.25) is 5.91 Å². The molecule has 0 bridgehead atoms. The van der Waals surface area contributed by atoms with E-state index in [1.165, 1.54) is 0 Å². The Morgan fingerprint density at radius 3 is 2.80 bits per heavy atom. The first-order valence-electron chi connectivity index (χ1n) is 5.70. The maximum atomic E-state index is 11.9. The van der Waals surface area contributed by atoms with Crippen LogP contribution < -0.4 is 10.6 Å². The Hall–Kier alpha value is -0.610. The van der Waals surface area contributed by atoms with E-state index in [1.807, 2.05) is 20.8 Å². The van der Waals surface area contributed by atoms with Crippen LogP contribution in [0.5, 0.6) is 0 Å². The summed E-state index contributed by atoms with van der Waals surface area (Å²) in [5.41, 5.74) is -0.494. The van der Waals surface area contributed by atoms with Gasteiger partial charge >= 0.3 is 0 Å². The van der Waals surface area contributed by atoms with Gasteiger partial charge in [0.25, 0.3) is 0 Å². The van der Waals surface area contributed by atoms with E-state index in [2.05, 4.69) is 10.6 Å². The fourth-order valence-electron chi connectivity index (χ4n) is 1.74. The van der Waals surface area contributed by atoms with Gasteiger partial charge in [-0.05, 0) is 33.2 Å². The molecule has 1 aliphatic heterocycles. The number of rotatable bonds is 4. The van der Waals surface area contributed by atoms with Gasteiger partial charge in [-0.15, -0.1) is 0 Å². The van der Waals surface area contributed by atoms with E-state index in [-0.39, 0.29) is 11.9 Å². The average Bonchev–Trinajstić information content (AvgIpc) is 2.19. The molecular weight excluding hydrogens is 192 g/mol. The Kier molecular flexibility index (Phi) is 4.54. The van der Waals surface area contributed by atoms with Gasteiger partial charge < -0.3 is 15.4 Å². The molecule has 1 saturated heterocycles. The summed E-state index contributed by atoms with van der Waals surface area (Å²) in [6.45, 7) is 8.06. The fraction of sp³-hybridized carbons (Fsp3) is 0.909. The summed E-state index contributed by atoms with van der Waals surface area (Å²) >= 11 is 0. The molecule has 1 atom stereocenters. The van der Waals surface area contributed by atoms with Crippen molar-refractivity contribution >= 4 is 5.91 Å². The topological polar surface area (TPSA) is 50.4 Å². The zero-order valence-electron chi connectivity index (χ0n) is 9.93. The first-order chi connectivity index (χ1) is 7.06. The lowest BCUT2D eigenvalue weighted by atomic mass is 10.0. The second-order valence-electron chi connectivity index (χ2n) is 4.54. The normalized spacial score (nSPS) is 22.5. The van der Waals surface area contributed by atoms with Gasteiger partial charge in [0.05, 0.1) is 18.2 Å². The summed E-state index contributed by atoms with van der Waals surface area (Å²) in [5, 5.41) is 6.18. The molecule has 0 radical (unpaired) electrons. The fourth-order valence-corrected chi connectivity index (χ4v) is 1.74. The second-order valence-corrected chi connectivity index (χ2v) is 4.54. The largest absolute Gasteiger partial charge is 0.379 e. The third-order valence-corrected chi connectivity index (χ3v) is 2.68. The molecule has 1 rings (SSSR count). The molecule has 1 fully saturated rings. The van der Waals surface area contributed by atoms with Gasteiger partial charge in [0, 0.05) is 6.61 Å². The van der Waals surface area contributed by atoms with Crippen LogP contribution in [0.25, 0.3) is 0 Å². The highest BCUT2D eigenvalue weighted by Crippen LogP contribution is 2.08. The number of ether oxygens (including phenoxy) is 1. The molecule has 88 valence electrons. The highest BCUT2D eigenvalue weighted by molar-refractivity contribution is 5.85. The third-order valence-electron chi connectivity index (χ3n) is 2.68. The summed E-state index contributed by atoms with van der Waals surface area (Å²) in [6.07, 6.45) is 2.06. The maximum Gasteiger partial charge on any atom is 0.240 e. The summed E-state index contributed by atoms with van der Waals surface area (Å²) in [5.74, 6) is 0.0554. The van der Waals surface area contributed by atoms with Crippen molar-refractivity contribution in [3.63, 3.8) is 0 Å². The number of likely N-dealkylation sites (N-methyl/N-ethyl adjacent to an activating group) is 1. The van der Waals surface area contributed by atoms with Crippen LogP contribution in [0.4, 0.5) is 0 Å². The minimum atomic E-state index is -0.494. The Bertz CT molecular complexity index is 211. The molecule has 0 aromatic heterocycles. The van der Waals surface area contributed by atoms with Gasteiger partial charge in [0.15, 0.2) is 0 Å². The SMILES string of the molecule is CCNC(C)(C)C(=O)NC1CCCOC1. The van der Waals surface area contributed by atoms with Crippen LogP contribution in [0.15, 0.2) is 0 Å². The molecule has 4 nitrogen and oxygen atoms in total. The van der Waals surface area contributed by atoms with Crippen LogP contribution in [0.3, 0.4) is 0 Å². The molecule has 2 N–H and O–H groups in total. The van der Waals surface area contributed by atoms with E-state index in [0.29, 0.717) is 6.61 Å². The number of amides is 1. The van der Waals surface area contributed by atoms with Crippen LogP contribution in [0, 0.1) is 0 Å². The van der Waals surface area contributed by atoms with Crippen LogP contribution >= 0.6 is 0 Å². The third kappa shape index (κ3) is 3.80. The molecule has 0 saturated carbocycles. The molecule has 1 amide bonds. The molecule has 0 aromatic carbocycles. The van der Waals surface area contributed by atoms with Crippen molar-refractivity contribution in [2.75, 3.05) is 19.8 Å². The Balaban J connectivity index is 2.39. The Labute approximate surface area is 91.8 Å². The minimum Gasteiger partial charge on any atom is -0.379 e. The number of carbonyl (C=O) groups excluding carboxylic acids is 1. The highest BCUT2D eigenvalue weighted by Gasteiger charge is 2.28.